The number of cyclic esters (lactones) is 1. The molecule has 1 N–H and O–H groups in total. The number of likely N-dealkylation sites (tertiary alicyclic amines) is 1. The maximum atomic E-state index is 13.4. The first-order valence-corrected chi connectivity index (χ1v) is 14.1. The highest BCUT2D eigenvalue weighted by Gasteiger charge is 2.35. The van der Waals surface area contributed by atoms with Crippen molar-refractivity contribution in [3.63, 3.8) is 0 Å². The molecule has 0 aliphatic carbocycles. The van der Waals surface area contributed by atoms with E-state index in [2.05, 4.69) is 5.32 Å². The Bertz CT molecular complexity index is 1280. The standard InChI is InChI=1S/C30H38N4O8/c1-4-40-27(35)19-32(2)29(37)31-14-7-17-41-23-10-11-24(26(18-23)39-3)28(36)33-15-12-22(13-16-33)34-25-9-6-5-8-21(25)20-42-30(34)38/h5-6,8-11,18,22H,4,7,12-17,19-20H2,1-3H3,(H,31,37). The van der Waals surface area contributed by atoms with Gasteiger partial charge < -0.3 is 34.1 Å². The van der Waals surface area contributed by atoms with E-state index in [9.17, 15) is 19.2 Å². The number of carbonyl (C=O) groups excluding carboxylic acids is 4. The summed E-state index contributed by atoms with van der Waals surface area (Å²) in [5, 5.41) is 2.73. The van der Waals surface area contributed by atoms with E-state index in [0.717, 1.165) is 11.3 Å². The van der Waals surface area contributed by atoms with Crippen LogP contribution in [0.3, 0.4) is 0 Å². The van der Waals surface area contributed by atoms with Crippen LogP contribution in [0.2, 0.25) is 0 Å². The molecule has 2 aliphatic rings. The van der Waals surface area contributed by atoms with E-state index in [4.69, 9.17) is 18.9 Å². The van der Waals surface area contributed by atoms with Crippen molar-refractivity contribution < 1.29 is 38.1 Å². The minimum atomic E-state index is -0.464. The van der Waals surface area contributed by atoms with Crippen molar-refractivity contribution in [2.75, 3.05) is 58.5 Å². The Hall–Kier alpha value is -4.48. The number of urea groups is 1. The number of nitrogens with one attached hydrogen (secondary N) is 1. The molecule has 0 aromatic heterocycles. The highest BCUT2D eigenvalue weighted by Crippen LogP contribution is 2.33. The number of nitrogens with zero attached hydrogens (tertiary/aromatic N) is 3. The average Bonchev–Trinajstić information content (AvgIpc) is 3.00. The number of likely N-dealkylation sites (N-methyl/N-ethyl adjacent to an activating group) is 1. The number of fused-ring (bicyclic) bond motifs is 1. The van der Waals surface area contributed by atoms with Crippen LogP contribution in [-0.2, 0) is 20.9 Å². The number of rotatable bonds is 11. The number of para-hydroxylation sites is 1. The number of carbonyl (C=O) groups is 4. The summed E-state index contributed by atoms with van der Waals surface area (Å²) in [6.45, 7) is 3.80. The van der Waals surface area contributed by atoms with E-state index in [1.165, 1.54) is 19.1 Å². The number of anilines is 1. The predicted molar refractivity (Wildman–Crippen MR) is 154 cm³/mol. The number of methoxy groups -OCH3 is 1. The molecular weight excluding hydrogens is 544 g/mol. The summed E-state index contributed by atoms with van der Waals surface area (Å²) in [7, 11) is 3.02. The third-order valence-electron chi connectivity index (χ3n) is 7.20. The number of ether oxygens (including phenoxy) is 4. The Morgan fingerprint density at radius 3 is 2.62 bits per heavy atom. The normalized spacial score (nSPS) is 14.9. The van der Waals surface area contributed by atoms with Gasteiger partial charge in [-0.3, -0.25) is 14.5 Å². The molecule has 12 heteroatoms. The highest BCUT2D eigenvalue weighted by molar-refractivity contribution is 5.97. The Morgan fingerprint density at radius 1 is 1.12 bits per heavy atom. The summed E-state index contributed by atoms with van der Waals surface area (Å²) in [6, 6.07) is 12.4. The molecule has 0 spiro atoms. The number of hydrogen-bond donors (Lipinski definition) is 1. The number of hydrogen-bond acceptors (Lipinski definition) is 8. The second-order valence-electron chi connectivity index (χ2n) is 10.0. The van der Waals surface area contributed by atoms with Gasteiger partial charge in [0.15, 0.2) is 0 Å². The van der Waals surface area contributed by atoms with Gasteiger partial charge in [0.05, 0.1) is 31.6 Å². The summed E-state index contributed by atoms with van der Waals surface area (Å²) in [6.07, 6.45) is 1.45. The zero-order valence-electron chi connectivity index (χ0n) is 24.3. The molecule has 0 atom stereocenters. The molecule has 42 heavy (non-hydrogen) atoms. The molecular formula is C30H38N4O8. The van der Waals surface area contributed by atoms with Crippen molar-refractivity contribution in [3.8, 4) is 11.5 Å². The molecule has 1 fully saturated rings. The summed E-state index contributed by atoms with van der Waals surface area (Å²) in [5.74, 6) is 0.333. The van der Waals surface area contributed by atoms with Crippen molar-refractivity contribution in [1.82, 2.24) is 15.1 Å². The lowest BCUT2D eigenvalue weighted by atomic mass is 10.00. The van der Waals surface area contributed by atoms with Gasteiger partial charge in [-0.05, 0) is 44.4 Å². The fraction of sp³-hybridized carbons (Fsp3) is 0.467. The topological polar surface area (TPSA) is 127 Å². The number of esters is 1. The zero-order chi connectivity index (χ0) is 30.1. The third-order valence-corrected chi connectivity index (χ3v) is 7.20. The van der Waals surface area contributed by atoms with E-state index in [0.29, 0.717) is 62.6 Å². The van der Waals surface area contributed by atoms with Gasteiger partial charge in [-0.25, -0.2) is 9.59 Å². The van der Waals surface area contributed by atoms with Crippen LogP contribution in [0.5, 0.6) is 11.5 Å². The van der Waals surface area contributed by atoms with Crippen molar-refractivity contribution in [1.29, 1.82) is 0 Å². The number of piperidine rings is 1. The molecule has 0 bridgehead atoms. The maximum absolute atomic E-state index is 13.4. The van der Waals surface area contributed by atoms with Crippen molar-refractivity contribution in [2.24, 2.45) is 0 Å². The molecule has 2 aliphatic heterocycles. The van der Waals surface area contributed by atoms with Gasteiger partial charge >= 0.3 is 18.1 Å². The van der Waals surface area contributed by atoms with Crippen molar-refractivity contribution in [3.05, 3.63) is 53.6 Å². The molecule has 4 amide bonds. The van der Waals surface area contributed by atoms with Gasteiger partial charge in [-0.2, -0.15) is 0 Å². The summed E-state index contributed by atoms with van der Waals surface area (Å²) in [4.78, 5) is 54.3. The van der Waals surface area contributed by atoms with Crippen LogP contribution >= 0.6 is 0 Å². The van der Waals surface area contributed by atoms with Gasteiger partial charge in [0.2, 0.25) is 0 Å². The Balaban J connectivity index is 1.25. The molecule has 0 saturated carbocycles. The molecule has 12 nitrogen and oxygen atoms in total. The first-order chi connectivity index (χ1) is 20.3. The molecule has 2 heterocycles. The van der Waals surface area contributed by atoms with Crippen LogP contribution in [-0.4, -0.2) is 93.4 Å². The monoisotopic (exact) mass is 582 g/mol. The lowest BCUT2D eigenvalue weighted by molar-refractivity contribution is -0.143. The summed E-state index contributed by atoms with van der Waals surface area (Å²) < 4.78 is 21.5. The summed E-state index contributed by atoms with van der Waals surface area (Å²) in [5.41, 5.74) is 2.29. The number of amides is 4. The van der Waals surface area contributed by atoms with Crippen LogP contribution in [0, 0.1) is 0 Å². The van der Waals surface area contributed by atoms with E-state index in [1.807, 2.05) is 24.3 Å². The minimum absolute atomic E-state index is 0.0524. The third kappa shape index (κ3) is 7.42. The fourth-order valence-electron chi connectivity index (χ4n) is 5.02. The van der Waals surface area contributed by atoms with Crippen molar-refractivity contribution >= 4 is 29.7 Å². The predicted octanol–water partition coefficient (Wildman–Crippen LogP) is 3.43. The second kappa shape index (κ2) is 14.4. The fourth-order valence-corrected chi connectivity index (χ4v) is 5.02. The number of benzene rings is 2. The second-order valence-corrected chi connectivity index (χ2v) is 10.0. The van der Waals surface area contributed by atoms with E-state index < -0.39 is 5.97 Å². The summed E-state index contributed by atoms with van der Waals surface area (Å²) >= 11 is 0. The molecule has 2 aromatic carbocycles. The molecule has 1 saturated heterocycles. The van der Waals surface area contributed by atoms with Crippen LogP contribution in [0.15, 0.2) is 42.5 Å². The highest BCUT2D eigenvalue weighted by atomic mass is 16.6. The van der Waals surface area contributed by atoms with E-state index >= 15 is 0 Å². The largest absolute Gasteiger partial charge is 0.496 e. The lowest BCUT2D eigenvalue weighted by Gasteiger charge is -2.40. The molecule has 226 valence electrons. The Labute approximate surface area is 245 Å². The first-order valence-electron chi connectivity index (χ1n) is 14.1. The SMILES string of the molecule is CCOC(=O)CN(C)C(=O)NCCCOc1ccc(C(=O)N2CCC(N3C(=O)OCc4ccccc43)CC2)c(OC)c1. The molecule has 2 aromatic rings. The Kier molecular flexibility index (Phi) is 10.5. The lowest BCUT2D eigenvalue weighted by Crippen LogP contribution is -2.50. The van der Waals surface area contributed by atoms with Gasteiger partial charge in [-0.15, -0.1) is 0 Å². The quantitative estimate of drug-likeness (QED) is 0.316. The van der Waals surface area contributed by atoms with Crippen LogP contribution in [0.25, 0.3) is 0 Å². The van der Waals surface area contributed by atoms with Gasteiger partial charge in [0, 0.05) is 44.4 Å². The first kappa shape index (κ1) is 30.5. The van der Waals surface area contributed by atoms with Crippen LogP contribution in [0.1, 0.15) is 42.1 Å². The maximum Gasteiger partial charge on any atom is 0.414 e. The van der Waals surface area contributed by atoms with E-state index in [1.54, 1.807) is 34.9 Å². The van der Waals surface area contributed by atoms with Gasteiger partial charge in [0.25, 0.3) is 5.91 Å². The molecule has 0 radical (unpaired) electrons. The van der Waals surface area contributed by atoms with Crippen LogP contribution in [0.4, 0.5) is 15.3 Å². The van der Waals surface area contributed by atoms with E-state index in [-0.39, 0.29) is 43.8 Å². The zero-order valence-corrected chi connectivity index (χ0v) is 24.3. The van der Waals surface area contributed by atoms with Gasteiger partial charge in [-0.1, -0.05) is 18.2 Å². The Morgan fingerprint density at radius 2 is 1.88 bits per heavy atom. The van der Waals surface area contributed by atoms with Crippen LogP contribution < -0.4 is 19.7 Å². The van der Waals surface area contributed by atoms with Crippen molar-refractivity contribution in [2.45, 2.75) is 38.8 Å². The average molecular weight is 583 g/mol. The minimum Gasteiger partial charge on any atom is -0.496 e. The van der Waals surface area contributed by atoms with Gasteiger partial charge in [0.1, 0.15) is 24.7 Å². The molecule has 4 rings (SSSR count). The smallest absolute Gasteiger partial charge is 0.414 e. The molecule has 0 unspecified atom stereocenters.